The van der Waals surface area contributed by atoms with E-state index >= 15 is 0 Å². The van der Waals surface area contributed by atoms with Crippen LogP contribution in [0.3, 0.4) is 0 Å². The minimum Gasteiger partial charge on any atom is -0.496 e. The molecule has 1 amide bonds. The number of nitrogens with zero attached hydrogens (tertiary/aromatic N) is 1. The molecule has 1 fully saturated rings. The first-order chi connectivity index (χ1) is 10.5. The zero-order valence-electron chi connectivity index (χ0n) is 13.4. The maximum Gasteiger partial charge on any atom is 0.242 e. The first-order valence-corrected chi connectivity index (χ1v) is 7.39. The Morgan fingerprint density at radius 1 is 1.18 bits per heavy atom. The van der Waals surface area contributed by atoms with Crippen LogP contribution in [0.1, 0.15) is 19.3 Å². The van der Waals surface area contributed by atoms with Gasteiger partial charge in [-0.1, -0.05) is 0 Å². The summed E-state index contributed by atoms with van der Waals surface area (Å²) < 4.78 is 16.1. The lowest BCUT2D eigenvalue weighted by Crippen LogP contribution is -2.44. The number of hydrogen-bond acceptors (Lipinski definition) is 5. The van der Waals surface area contributed by atoms with Crippen molar-refractivity contribution in [3.8, 4) is 17.2 Å². The number of benzene rings is 1. The number of ether oxygens (including phenoxy) is 3. The Balaban J connectivity index is 1.77. The number of nitrogens with two attached hydrogens (primary N) is 1. The van der Waals surface area contributed by atoms with Crippen LogP contribution in [0, 0.1) is 0 Å². The van der Waals surface area contributed by atoms with E-state index < -0.39 is 5.54 Å². The summed E-state index contributed by atoms with van der Waals surface area (Å²) >= 11 is 0. The van der Waals surface area contributed by atoms with Gasteiger partial charge in [-0.05, 0) is 19.3 Å². The van der Waals surface area contributed by atoms with E-state index in [1.54, 1.807) is 44.4 Å². The first kappa shape index (κ1) is 16.4. The molecule has 0 heterocycles. The number of carbonyl (C=O) groups excluding carboxylic acids is 1. The summed E-state index contributed by atoms with van der Waals surface area (Å²) in [5.74, 6) is 2.07. The minimum absolute atomic E-state index is 0.0237. The second-order valence-electron chi connectivity index (χ2n) is 5.63. The van der Waals surface area contributed by atoms with Crippen molar-refractivity contribution >= 4 is 5.91 Å². The van der Waals surface area contributed by atoms with Gasteiger partial charge in [0.15, 0.2) is 0 Å². The summed E-state index contributed by atoms with van der Waals surface area (Å²) in [6.07, 6.45) is 2.31. The number of hydrogen-bond donors (Lipinski definition) is 1. The highest BCUT2D eigenvalue weighted by Gasteiger charge is 2.47. The predicted molar refractivity (Wildman–Crippen MR) is 83.4 cm³/mol. The van der Waals surface area contributed by atoms with E-state index in [0.717, 1.165) is 19.3 Å². The van der Waals surface area contributed by atoms with Crippen molar-refractivity contribution in [3.63, 3.8) is 0 Å². The van der Waals surface area contributed by atoms with Crippen molar-refractivity contribution in [2.75, 3.05) is 34.4 Å². The average Bonchev–Trinajstić information content (AvgIpc) is 3.29. The third kappa shape index (κ3) is 4.04. The number of carbonyl (C=O) groups is 1. The lowest BCUT2D eigenvalue weighted by Gasteiger charge is -2.20. The van der Waals surface area contributed by atoms with Gasteiger partial charge in [0.25, 0.3) is 0 Å². The van der Waals surface area contributed by atoms with E-state index in [0.29, 0.717) is 30.4 Å². The molecule has 1 saturated carbocycles. The van der Waals surface area contributed by atoms with Gasteiger partial charge in [0.05, 0.1) is 26.4 Å². The molecule has 1 aromatic rings. The lowest BCUT2D eigenvalue weighted by atomic mass is 10.2. The summed E-state index contributed by atoms with van der Waals surface area (Å²) in [6.45, 7) is 1.13. The SMILES string of the molecule is COc1cc(OC)cc(OCCCN(C)C(=O)C2(N)CC2)c1. The standard InChI is InChI=1S/C16H24N2O4/c1-18(15(19)16(17)5-6-16)7-4-8-22-14-10-12(20-2)9-13(11-14)21-3/h9-11H,4-8,17H2,1-3H3. The fourth-order valence-corrected chi connectivity index (χ4v) is 2.19. The van der Waals surface area contributed by atoms with Crippen molar-refractivity contribution in [2.45, 2.75) is 24.8 Å². The van der Waals surface area contributed by atoms with E-state index in [9.17, 15) is 4.79 Å². The molecule has 2 N–H and O–H groups in total. The van der Waals surface area contributed by atoms with Crippen LogP contribution in [0.5, 0.6) is 17.2 Å². The molecule has 6 heteroatoms. The molecule has 0 bridgehead atoms. The molecule has 0 atom stereocenters. The largest absolute Gasteiger partial charge is 0.496 e. The Hall–Kier alpha value is -1.95. The first-order valence-electron chi connectivity index (χ1n) is 7.39. The molecule has 2 rings (SSSR count). The molecule has 1 aliphatic rings. The van der Waals surface area contributed by atoms with Gasteiger partial charge in [-0.25, -0.2) is 0 Å². The maximum absolute atomic E-state index is 12.0. The molecule has 22 heavy (non-hydrogen) atoms. The molecule has 0 spiro atoms. The molecule has 1 aromatic carbocycles. The summed E-state index contributed by atoms with van der Waals surface area (Å²) in [5.41, 5.74) is 5.30. The molecule has 122 valence electrons. The topological polar surface area (TPSA) is 74.0 Å². The molecule has 6 nitrogen and oxygen atoms in total. The third-order valence-electron chi connectivity index (χ3n) is 3.79. The molecular formula is C16H24N2O4. The number of methoxy groups -OCH3 is 2. The second-order valence-corrected chi connectivity index (χ2v) is 5.63. The van der Waals surface area contributed by atoms with Crippen molar-refractivity contribution in [1.82, 2.24) is 4.90 Å². The van der Waals surface area contributed by atoms with Gasteiger partial charge in [-0.3, -0.25) is 4.79 Å². The smallest absolute Gasteiger partial charge is 0.242 e. The minimum atomic E-state index is -0.601. The van der Waals surface area contributed by atoms with E-state index in [4.69, 9.17) is 19.9 Å². The highest BCUT2D eigenvalue weighted by Crippen LogP contribution is 2.33. The van der Waals surface area contributed by atoms with E-state index in [2.05, 4.69) is 0 Å². The van der Waals surface area contributed by atoms with Crippen LogP contribution in [0.25, 0.3) is 0 Å². The van der Waals surface area contributed by atoms with Gasteiger partial charge in [0.2, 0.25) is 5.91 Å². The summed E-state index contributed by atoms with van der Waals surface area (Å²) in [4.78, 5) is 13.7. The second kappa shape index (κ2) is 6.87. The van der Waals surface area contributed by atoms with Gasteiger partial charge < -0.3 is 24.8 Å². The molecule has 0 aliphatic heterocycles. The summed E-state index contributed by atoms with van der Waals surface area (Å²) in [7, 11) is 4.98. The molecule has 0 saturated heterocycles. The lowest BCUT2D eigenvalue weighted by molar-refractivity contribution is -0.132. The predicted octanol–water partition coefficient (Wildman–Crippen LogP) is 1.42. The molecule has 1 aliphatic carbocycles. The van der Waals surface area contributed by atoms with Crippen molar-refractivity contribution in [3.05, 3.63) is 18.2 Å². The van der Waals surface area contributed by atoms with Crippen LogP contribution in [-0.4, -0.2) is 50.8 Å². The summed E-state index contributed by atoms with van der Waals surface area (Å²) in [6, 6.07) is 5.39. The van der Waals surface area contributed by atoms with E-state index in [-0.39, 0.29) is 5.91 Å². The normalized spacial score (nSPS) is 15.1. The molecule has 0 unspecified atom stereocenters. The number of amides is 1. The van der Waals surface area contributed by atoms with E-state index in [1.807, 2.05) is 0 Å². The Kier molecular flexibility index (Phi) is 5.13. The highest BCUT2D eigenvalue weighted by molar-refractivity contribution is 5.88. The van der Waals surface area contributed by atoms with Crippen molar-refractivity contribution < 1.29 is 19.0 Å². The van der Waals surface area contributed by atoms with Crippen LogP contribution in [0.2, 0.25) is 0 Å². The van der Waals surface area contributed by atoms with Crippen LogP contribution < -0.4 is 19.9 Å². The van der Waals surface area contributed by atoms with Crippen LogP contribution >= 0.6 is 0 Å². The fraction of sp³-hybridized carbons (Fsp3) is 0.562. The zero-order valence-corrected chi connectivity index (χ0v) is 13.4. The Morgan fingerprint density at radius 2 is 1.73 bits per heavy atom. The number of rotatable bonds is 8. The van der Waals surface area contributed by atoms with Gasteiger partial charge in [0, 0.05) is 31.8 Å². The monoisotopic (exact) mass is 308 g/mol. The number of likely N-dealkylation sites (N-methyl/N-ethyl adjacent to an activating group) is 1. The maximum atomic E-state index is 12.0. The van der Waals surface area contributed by atoms with Crippen LogP contribution in [-0.2, 0) is 4.79 Å². The van der Waals surface area contributed by atoms with Crippen LogP contribution in [0.4, 0.5) is 0 Å². The third-order valence-corrected chi connectivity index (χ3v) is 3.79. The van der Waals surface area contributed by atoms with Crippen molar-refractivity contribution in [2.24, 2.45) is 5.73 Å². The van der Waals surface area contributed by atoms with Gasteiger partial charge in [-0.2, -0.15) is 0 Å². The zero-order chi connectivity index (χ0) is 16.2. The average molecular weight is 308 g/mol. The van der Waals surface area contributed by atoms with Gasteiger partial charge in [-0.15, -0.1) is 0 Å². The molecule has 0 aromatic heterocycles. The van der Waals surface area contributed by atoms with Crippen LogP contribution in [0.15, 0.2) is 18.2 Å². The van der Waals surface area contributed by atoms with Gasteiger partial charge >= 0.3 is 0 Å². The Morgan fingerprint density at radius 3 is 2.23 bits per heavy atom. The van der Waals surface area contributed by atoms with Crippen molar-refractivity contribution in [1.29, 1.82) is 0 Å². The summed E-state index contributed by atoms with van der Waals surface area (Å²) in [5, 5.41) is 0. The van der Waals surface area contributed by atoms with E-state index in [1.165, 1.54) is 0 Å². The molecule has 0 radical (unpaired) electrons. The molecular weight excluding hydrogens is 284 g/mol. The Labute approximate surface area is 131 Å². The van der Waals surface area contributed by atoms with Gasteiger partial charge in [0.1, 0.15) is 17.2 Å². The fourth-order valence-electron chi connectivity index (χ4n) is 2.19. The highest BCUT2D eigenvalue weighted by atomic mass is 16.5. The quantitative estimate of drug-likeness (QED) is 0.735. The Bertz CT molecular complexity index is 507.